The molecule has 1 aliphatic heterocycles. The van der Waals surface area contributed by atoms with Gasteiger partial charge < -0.3 is 9.47 Å². The Bertz CT molecular complexity index is 376. The van der Waals surface area contributed by atoms with Crippen molar-refractivity contribution in [2.24, 2.45) is 0 Å². The monoisotopic (exact) mass is 220 g/mol. The van der Waals surface area contributed by atoms with Crippen LogP contribution in [-0.4, -0.2) is 11.9 Å². The van der Waals surface area contributed by atoms with Crippen molar-refractivity contribution in [3.8, 4) is 11.5 Å². The quantitative estimate of drug-likeness (QED) is 0.496. The average Bonchev–Trinajstić information content (AvgIpc) is 2.25. The summed E-state index contributed by atoms with van der Waals surface area (Å²) in [5.74, 6) is 0.285. The van der Waals surface area contributed by atoms with Gasteiger partial charge in [-0.25, -0.2) is 0 Å². The van der Waals surface area contributed by atoms with Crippen molar-refractivity contribution in [3.05, 3.63) is 24.3 Å². The standard InChI is InChI=1S/C12H12O4/c13-11-6-1-2-7-12(14)16-10-5-3-4-9(8-10)15-11/h3-5,8H,1-2,6-7H2. The number of carbonyl (C=O) groups is 2. The van der Waals surface area contributed by atoms with Crippen LogP contribution >= 0.6 is 0 Å². The van der Waals surface area contributed by atoms with Crippen molar-refractivity contribution in [2.45, 2.75) is 25.7 Å². The van der Waals surface area contributed by atoms with E-state index in [-0.39, 0.29) is 11.9 Å². The van der Waals surface area contributed by atoms with E-state index in [9.17, 15) is 9.59 Å². The highest BCUT2D eigenvalue weighted by Gasteiger charge is 2.11. The number of benzene rings is 1. The predicted molar refractivity (Wildman–Crippen MR) is 56.2 cm³/mol. The van der Waals surface area contributed by atoms with Crippen LogP contribution in [0, 0.1) is 0 Å². The van der Waals surface area contributed by atoms with Crippen molar-refractivity contribution in [1.29, 1.82) is 0 Å². The lowest BCUT2D eigenvalue weighted by Crippen LogP contribution is -2.07. The topological polar surface area (TPSA) is 52.6 Å². The van der Waals surface area contributed by atoms with Crippen LogP contribution in [0.3, 0.4) is 0 Å². The Morgan fingerprint density at radius 1 is 0.875 bits per heavy atom. The van der Waals surface area contributed by atoms with Gasteiger partial charge in [0.1, 0.15) is 11.5 Å². The van der Waals surface area contributed by atoms with Crippen LogP contribution in [0.2, 0.25) is 0 Å². The van der Waals surface area contributed by atoms with Crippen LogP contribution in [0.25, 0.3) is 0 Å². The third kappa shape index (κ3) is 2.82. The summed E-state index contributed by atoms with van der Waals surface area (Å²) in [5, 5.41) is 0. The minimum atomic E-state index is -0.272. The molecule has 16 heavy (non-hydrogen) atoms. The SMILES string of the molecule is O=C1CCCCC(=O)Oc2cccc(c2)O1. The van der Waals surface area contributed by atoms with E-state index in [0.29, 0.717) is 37.2 Å². The molecule has 0 spiro atoms. The summed E-state index contributed by atoms with van der Waals surface area (Å²) in [4.78, 5) is 22.7. The lowest BCUT2D eigenvalue weighted by atomic mass is 10.2. The largest absolute Gasteiger partial charge is 0.426 e. The molecule has 0 amide bonds. The Balaban J connectivity index is 2.22. The number of hydrogen-bond donors (Lipinski definition) is 0. The first-order valence-electron chi connectivity index (χ1n) is 5.25. The van der Waals surface area contributed by atoms with Gasteiger partial charge in [-0.15, -0.1) is 0 Å². The Kier molecular flexibility index (Phi) is 3.19. The Hall–Kier alpha value is -1.84. The molecule has 4 nitrogen and oxygen atoms in total. The van der Waals surface area contributed by atoms with Gasteiger partial charge in [-0.3, -0.25) is 9.59 Å². The summed E-state index contributed by atoms with van der Waals surface area (Å²) in [6.45, 7) is 0. The van der Waals surface area contributed by atoms with Crippen molar-refractivity contribution >= 4 is 11.9 Å². The molecule has 0 aliphatic carbocycles. The number of carbonyl (C=O) groups excluding carboxylic acids is 2. The summed E-state index contributed by atoms with van der Waals surface area (Å²) < 4.78 is 10.2. The van der Waals surface area contributed by atoms with Crippen LogP contribution < -0.4 is 9.47 Å². The summed E-state index contributed by atoms with van der Waals surface area (Å²) in [5.41, 5.74) is 0. The molecule has 1 aromatic rings. The third-order valence-electron chi connectivity index (χ3n) is 2.28. The van der Waals surface area contributed by atoms with Crippen molar-refractivity contribution in [3.63, 3.8) is 0 Å². The molecule has 4 heteroatoms. The number of rotatable bonds is 0. The minimum Gasteiger partial charge on any atom is -0.426 e. The highest BCUT2D eigenvalue weighted by molar-refractivity contribution is 5.74. The fraction of sp³-hybridized carbons (Fsp3) is 0.333. The second-order valence-corrected chi connectivity index (χ2v) is 3.63. The smallest absolute Gasteiger partial charge is 0.311 e. The lowest BCUT2D eigenvalue weighted by molar-refractivity contribution is -0.136. The fourth-order valence-electron chi connectivity index (χ4n) is 1.50. The maximum absolute atomic E-state index is 11.4. The van der Waals surface area contributed by atoms with Gasteiger partial charge in [-0.1, -0.05) is 6.07 Å². The van der Waals surface area contributed by atoms with Gasteiger partial charge in [0, 0.05) is 18.9 Å². The lowest BCUT2D eigenvalue weighted by Gasteiger charge is -2.04. The molecule has 0 N–H and O–H groups in total. The Morgan fingerprint density at radius 2 is 1.38 bits per heavy atom. The molecule has 2 rings (SSSR count). The van der Waals surface area contributed by atoms with E-state index in [0.717, 1.165) is 0 Å². The van der Waals surface area contributed by atoms with Crippen molar-refractivity contribution in [1.82, 2.24) is 0 Å². The highest BCUT2D eigenvalue weighted by atomic mass is 16.5. The van der Waals surface area contributed by atoms with Crippen LogP contribution in [0.1, 0.15) is 25.7 Å². The fourth-order valence-corrected chi connectivity index (χ4v) is 1.50. The number of fused-ring (bicyclic) bond motifs is 2. The molecule has 0 radical (unpaired) electrons. The van der Waals surface area contributed by atoms with E-state index in [1.165, 1.54) is 0 Å². The van der Waals surface area contributed by atoms with Crippen molar-refractivity contribution in [2.75, 3.05) is 0 Å². The van der Waals surface area contributed by atoms with Gasteiger partial charge in [-0.05, 0) is 25.0 Å². The Labute approximate surface area is 93.2 Å². The Morgan fingerprint density at radius 3 is 1.88 bits per heavy atom. The van der Waals surface area contributed by atoms with Gasteiger partial charge in [-0.2, -0.15) is 0 Å². The van der Waals surface area contributed by atoms with E-state index >= 15 is 0 Å². The molecule has 1 heterocycles. The molecule has 0 unspecified atom stereocenters. The second-order valence-electron chi connectivity index (χ2n) is 3.63. The van der Waals surface area contributed by atoms with Gasteiger partial charge in [0.15, 0.2) is 0 Å². The predicted octanol–water partition coefficient (Wildman–Crippen LogP) is 2.07. The first kappa shape index (κ1) is 10.7. The normalized spacial score (nSPS) is 17.0. The van der Waals surface area contributed by atoms with Crippen LogP contribution in [0.4, 0.5) is 0 Å². The number of esters is 2. The van der Waals surface area contributed by atoms with Gasteiger partial charge >= 0.3 is 11.9 Å². The molecule has 2 bridgehead atoms. The maximum atomic E-state index is 11.4. The van der Waals surface area contributed by atoms with E-state index in [1.807, 2.05) is 0 Å². The van der Waals surface area contributed by atoms with Crippen molar-refractivity contribution < 1.29 is 19.1 Å². The minimum absolute atomic E-state index is 0.272. The maximum Gasteiger partial charge on any atom is 0.311 e. The zero-order chi connectivity index (χ0) is 11.4. The first-order valence-corrected chi connectivity index (χ1v) is 5.25. The van der Waals surface area contributed by atoms with E-state index in [2.05, 4.69) is 0 Å². The first-order chi connectivity index (χ1) is 7.74. The molecular formula is C12H12O4. The number of hydrogen-bond acceptors (Lipinski definition) is 4. The summed E-state index contributed by atoms with van der Waals surface area (Å²) >= 11 is 0. The molecule has 1 aliphatic rings. The van der Waals surface area contributed by atoms with E-state index < -0.39 is 0 Å². The molecule has 1 aromatic carbocycles. The zero-order valence-corrected chi connectivity index (χ0v) is 8.77. The van der Waals surface area contributed by atoms with Gasteiger partial charge in [0.25, 0.3) is 0 Å². The molecule has 0 saturated heterocycles. The second kappa shape index (κ2) is 4.79. The van der Waals surface area contributed by atoms with Crippen LogP contribution in [0.15, 0.2) is 24.3 Å². The molecule has 84 valence electrons. The molecule has 0 atom stereocenters. The zero-order valence-electron chi connectivity index (χ0n) is 8.77. The van der Waals surface area contributed by atoms with Crippen LogP contribution in [-0.2, 0) is 9.59 Å². The summed E-state index contributed by atoms with van der Waals surface area (Å²) in [7, 11) is 0. The average molecular weight is 220 g/mol. The third-order valence-corrected chi connectivity index (χ3v) is 2.28. The molecule has 0 fully saturated rings. The summed E-state index contributed by atoms with van der Waals surface area (Å²) in [6, 6.07) is 6.55. The number of ether oxygens (including phenoxy) is 2. The van der Waals surface area contributed by atoms with Crippen LogP contribution in [0.5, 0.6) is 11.5 Å². The van der Waals surface area contributed by atoms with Gasteiger partial charge in [0.05, 0.1) is 0 Å². The molecule has 0 aromatic heterocycles. The highest BCUT2D eigenvalue weighted by Crippen LogP contribution is 2.21. The van der Waals surface area contributed by atoms with E-state index in [4.69, 9.17) is 9.47 Å². The molecular weight excluding hydrogens is 208 g/mol. The summed E-state index contributed by atoms with van der Waals surface area (Å²) in [6.07, 6.45) is 1.95. The van der Waals surface area contributed by atoms with E-state index in [1.54, 1.807) is 24.3 Å². The van der Waals surface area contributed by atoms with Gasteiger partial charge in [0.2, 0.25) is 0 Å². The molecule has 0 saturated carbocycles.